The molecule has 2 amide bonds. The fraction of sp³-hybridized carbons (Fsp3) is 0.355. The van der Waals surface area contributed by atoms with Crippen LogP contribution in [-0.4, -0.2) is 50.9 Å². The molecule has 0 bridgehead atoms. The maximum atomic E-state index is 14.1. The van der Waals surface area contributed by atoms with Crippen molar-refractivity contribution < 1.29 is 22.7 Å². The van der Waals surface area contributed by atoms with Gasteiger partial charge >= 0.3 is 0 Å². The lowest BCUT2D eigenvalue weighted by Gasteiger charge is -2.32. The zero-order chi connectivity index (χ0) is 30.4. The number of anilines is 1. The Morgan fingerprint density at radius 3 is 2.33 bits per heavy atom. The Bertz CT molecular complexity index is 1530. The Morgan fingerprint density at radius 1 is 1.00 bits per heavy atom. The van der Waals surface area contributed by atoms with Crippen molar-refractivity contribution in [3.05, 3.63) is 87.9 Å². The summed E-state index contributed by atoms with van der Waals surface area (Å²) in [5.41, 5.74) is 1.78. The Hall–Kier alpha value is -3.27. The van der Waals surface area contributed by atoms with Crippen molar-refractivity contribution in [3.63, 3.8) is 0 Å². The van der Waals surface area contributed by atoms with E-state index in [1.807, 2.05) is 13.0 Å². The highest BCUT2D eigenvalue weighted by molar-refractivity contribution is 7.92. The first-order valence-electron chi connectivity index (χ1n) is 13.8. The number of carbonyl (C=O) groups excluding carboxylic acids is 2. The minimum Gasteiger partial charge on any atom is -0.497 e. The number of carbonyl (C=O) groups is 2. The summed E-state index contributed by atoms with van der Waals surface area (Å²) in [6, 6.07) is 17.1. The second kappa shape index (κ2) is 13.8. The van der Waals surface area contributed by atoms with Gasteiger partial charge < -0.3 is 15.0 Å². The lowest BCUT2D eigenvalue weighted by Crippen LogP contribution is -2.52. The predicted molar refractivity (Wildman–Crippen MR) is 166 cm³/mol. The Balaban J connectivity index is 1.71. The number of aryl methyl sites for hydroxylation is 1. The number of sulfonamides is 1. The normalized spacial score (nSPS) is 14.3. The highest BCUT2D eigenvalue weighted by Gasteiger charge is 2.33. The molecule has 1 N–H and O–H groups in total. The van der Waals surface area contributed by atoms with E-state index in [2.05, 4.69) is 5.32 Å². The zero-order valence-corrected chi connectivity index (χ0v) is 26.2. The first-order chi connectivity index (χ1) is 20.0. The van der Waals surface area contributed by atoms with Gasteiger partial charge in [-0.1, -0.05) is 65.9 Å². The number of nitrogens with one attached hydrogen (secondary N) is 1. The molecule has 0 heterocycles. The van der Waals surface area contributed by atoms with E-state index in [9.17, 15) is 18.0 Å². The highest BCUT2D eigenvalue weighted by Crippen LogP contribution is 2.31. The van der Waals surface area contributed by atoms with Gasteiger partial charge in [-0.15, -0.1) is 0 Å². The Kier molecular flexibility index (Phi) is 10.4. The summed E-state index contributed by atoms with van der Waals surface area (Å²) in [5, 5.41) is 3.45. The van der Waals surface area contributed by atoms with Gasteiger partial charge in [0.15, 0.2) is 0 Å². The first-order valence-corrected chi connectivity index (χ1v) is 16.0. The van der Waals surface area contributed by atoms with Gasteiger partial charge in [0.2, 0.25) is 11.8 Å². The number of methoxy groups -OCH3 is 1. The summed E-state index contributed by atoms with van der Waals surface area (Å²) >= 11 is 12.4. The molecule has 0 spiro atoms. The van der Waals surface area contributed by atoms with Crippen LogP contribution in [0, 0.1) is 6.92 Å². The molecule has 1 unspecified atom stereocenters. The molecule has 1 atom stereocenters. The monoisotopic (exact) mass is 631 g/mol. The van der Waals surface area contributed by atoms with Crippen molar-refractivity contribution in [2.45, 2.75) is 63.1 Å². The van der Waals surface area contributed by atoms with Gasteiger partial charge in [0, 0.05) is 12.6 Å². The van der Waals surface area contributed by atoms with Gasteiger partial charge in [-0.25, -0.2) is 8.42 Å². The van der Waals surface area contributed by atoms with Crippen molar-refractivity contribution in [2.24, 2.45) is 0 Å². The van der Waals surface area contributed by atoms with Crippen LogP contribution in [-0.2, 0) is 26.2 Å². The molecule has 3 aromatic rings. The summed E-state index contributed by atoms with van der Waals surface area (Å²) in [4.78, 5) is 28.9. The van der Waals surface area contributed by atoms with E-state index in [4.69, 9.17) is 27.9 Å². The molecule has 11 heteroatoms. The molecule has 42 heavy (non-hydrogen) atoms. The average Bonchev–Trinajstić information content (AvgIpc) is 3.49. The number of benzene rings is 3. The molecule has 0 aromatic heterocycles. The number of amides is 2. The van der Waals surface area contributed by atoms with Crippen LogP contribution in [0.4, 0.5) is 5.69 Å². The molecule has 1 aliphatic rings. The van der Waals surface area contributed by atoms with Crippen LogP contribution in [0.15, 0.2) is 71.6 Å². The van der Waals surface area contributed by atoms with Crippen molar-refractivity contribution in [2.75, 3.05) is 18.0 Å². The van der Waals surface area contributed by atoms with Crippen molar-refractivity contribution >= 4 is 50.7 Å². The minimum atomic E-state index is -4.21. The molecule has 4 rings (SSSR count). The molecule has 1 aliphatic carbocycles. The number of hydrogen-bond acceptors (Lipinski definition) is 5. The molecule has 0 saturated heterocycles. The van der Waals surface area contributed by atoms with Crippen LogP contribution in [0.2, 0.25) is 10.0 Å². The number of ether oxygens (including phenoxy) is 1. The van der Waals surface area contributed by atoms with Crippen molar-refractivity contribution in [1.82, 2.24) is 10.2 Å². The smallest absolute Gasteiger partial charge is 0.264 e. The highest BCUT2D eigenvalue weighted by atomic mass is 35.5. The number of nitrogens with zero attached hydrogens (tertiary/aromatic N) is 2. The van der Waals surface area contributed by atoms with Gasteiger partial charge in [0.1, 0.15) is 18.3 Å². The van der Waals surface area contributed by atoms with Crippen LogP contribution in [0.3, 0.4) is 0 Å². The van der Waals surface area contributed by atoms with E-state index in [1.165, 1.54) is 35.2 Å². The summed E-state index contributed by atoms with van der Waals surface area (Å²) in [6.45, 7) is 3.00. The number of rotatable bonds is 11. The molecule has 0 aliphatic heterocycles. The van der Waals surface area contributed by atoms with Gasteiger partial charge in [-0.05, 0) is 74.7 Å². The van der Waals surface area contributed by atoms with E-state index in [1.54, 1.807) is 44.4 Å². The van der Waals surface area contributed by atoms with E-state index in [0.29, 0.717) is 5.75 Å². The lowest BCUT2D eigenvalue weighted by atomic mass is 10.1. The van der Waals surface area contributed by atoms with Gasteiger partial charge in [0.25, 0.3) is 10.0 Å². The predicted octanol–water partition coefficient (Wildman–Crippen LogP) is 5.98. The van der Waals surface area contributed by atoms with Crippen LogP contribution >= 0.6 is 23.2 Å². The minimum absolute atomic E-state index is 0.0124. The maximum Gasteiger partial charge on any atom is 0.264 e. The molecule has 224 valence electrons. The number of halogens is 2. The summed E-state index contributed by atoms with van der Waals surface area (Å²) in [5.74, 6) is -0.253. The molecule has 1 saturated carbocycles. The van der Waals surface area contributed by atoms with E-state index in [-0.39, 0.29) is 39.1 Å². The summed E-state index contributed by atoms with van der Waals surface area (Å²) in [7, 11) is -2.67. The van der Waals surface area contributed by atoms with Crippen LogP contribution < -0.4 is 14.4 Å². The molecular weight excluding hydrogens is 597 g/mol. The van der Waals surface area contributed by atoms with Crippen molar-refractivity contribution in [3.8, 4) is 5.75 Å². The van der Waals surface area contributed by atoms with Crippen LogP contribution in [0.5, 0.6) is 5.75 Å². The average molecular weight is 633 g/mol. The third-order valence-corrected chi connectivity index (χ3v) is 9.96. The second-order valence-electron chi connectivity index (χ2n) is 10.5. The lowest BCUT2D eigenvalue weighted by molar-refractivity contribution is -0.139. The van der Waals surface area contributed by atoms with E-state index in [0.717, 1.165) is 41.1 Å². The maximum absolute atomic E-state index is 14.1. The Morgan fingerprint density at radius 2 is 1.69 bits per heavy atom. The van der Waals surface area contributed by atoms with Crippen LogP contribution in [0.1, 0.15) is 43.7 Å². The Labute approximate surface area is 257 Å². The quantitative estimate of drug-likeness (QED) is 0.281. The third kappa shape index (κ3) is 7.56. The fourth-order valence-electron chi connectivity index (χ4n) is 4.95. The van der Waals surface area contributed by atoms with Crippen LogP contribution in [0.25, 0.3) is 0 Å². The first kappa shape index (κ1) is 31.7. The summed E-state index contributed by atoms with van der Waals surface area (Å²) in [6.07, 6.45) is 3.87. The van der Waals surface area contributed by atoms with E-state index < -0.39 is 28.5 Å². The summed E-state index contributed by atoms with van der Waals surface area (Å²) < 4.78 is 34.3. The zero-order valence-electron chi connectivity index (χ0n) is 23.8. The van der Waals surface area contributed by atoms with Crippen molar-refractivity contribution in [1.29, 1.82) is 0 Å². The molecule has 1 fully saturated rings. The van der Waals surface area contributed by atoms with Gasteiger partial charge in [0.05, 0.1) is 27.7 Å². The van der Waals surface area contributed by atoms with Gasteiger partial charge in [-0.2, -0.15) is 0 Å². The largest absolute Gasteiger partial charge is 0.497 e. The molecule has 3 aromatic carbocycles. The number of hydrogen-bond donors (Lipinski definition) is 1. The fourth-order valence-corrected chi connectivity index (χ4v) is 6.65. The second-order valence-corrected chi connectivity index (χ2v) is 13.1. The topological polar surface area (TPSA) is 96.0 Å². The third-order valence-electron chi connectivity index (χ3n) is 7.43. The molecular formula is C31H35Cl2N3O5S. The molecule has 8 nitrogen and oxygen atoms in total. The standard InChI is InChI=1S/C31H35Cl2N3O5S/c1-21-11-14-27(15-12-21)42(39,40)36(25-13-16-28(32)29(33)18-25)20-30(37)35(19-23-7-6-10-26(17-23)41-3)22(2)31(38)34-24-8-4-5-9-24/h6-7,10-18,22,24H,4-5,8-9,19-20H2,1-3H3,(H,34,38). The van der Waals surface area contributed by atoms with E-state index >= 15 is 0 Å². The SMILES string of the molecule is COc1cccc(CN(C(=O)CN(c2ccc(Cl)c(Cl)c2)S(=O)(=O)c2ccc(C)cc2)C(C)C(=O)NC2CCCC2)c1. The van der Waals surface area contributed by atoms with Gasteiger partial charge in [-0.3, -0.25) is 13.9 Å². The molecule has 0 radical (unpaired) electrons.